The van der Waals surface area contributed by atoms with Crippen molar-refractivity contribution in [3.8, 4) is 0 Å². The van der Waals surface area contributed by atoms with E-state index in [1.165, 1.54) is 0 Å². The van der Waals surface area contributed by atoms with Gasteiger partial charge in [0.15, 0.2) is 0 Å². The number of aromatic amines is 1. The molecule has 0 spiro atoms. The molecule has 1 atom stereocenters. The summed E-state index contributed by atoms with van der Waals surface area (Å²) in [5.41, 5.74) is 7.31. The van der Waals surface area contributed by atoms with Crippen molar-refractivity contribution >= 4 is 28.5 Å². The summed E-state index contributed by atoms with van der Waals surface area (Å²) in [4.78, 5) is 15.0. The minimum absolute atomic E-state index is 0.388. The predicted molar refractivity (Wildman–Crippen MR) is 80.8 cm³/mol. The number of hydrogen-bond donors (Lipinski definition) is 2. The molecule has 3 N–H and O–H groups in total. The van der Waals surface area contributed by atoms with Crippen molar-refractivity contribution in [3.63, 3.8) is 0 Å². The monoisotopic (exact) mass is 294 g/mol. The van der Waals surface area contributed by atoms with Gasteiger partial charge in [-0.25, -0.2) is 0 Å². The maximum Gasteiger partial charge on any atom is 0.323 e. The van der Waals surface area contributed by atoms with Crippen LogP contribution < -0.4 is 5.73 Å². The number of fused-ring (bicyclic) bond motifs is 1. The molecule has 0 aliphatic heterocycles. The van der Waals surface area contributed by atoms with Crippen molar-refractivity contribution in [1.29, 1.82) is 0 Å². The molecule has 0 saturated carbocycles. The predicted octanol–water partition coefficient (Wildman–Crippen LogP) is 3.03. The molecular weight excluding hydrogens is 276 g/mol. The van der Waals surface area contributed by atoms with Crippen molar-refractivity contribution in [2.45, 2.75) is 38.8 Å². The van der Waals surface area contributed by atoms with E-state index in [4.69, 9.17) is 22.1 Å². The van der Waals surface area contributed by atoms with Gasteiger partial charge in [-0.1, -0.05) is 17.7 Å². The Morgan fingerprint density at radius 2 is 2.15 bits per heavy atom. The highest BCUT2D eigenvalue weighted by Gasteiger charge is 2.23. The highest BCUT2D eigenvalue weighted by atomic mass is 35.5. The number of carbonyl (C=O) groups excluding carboxylic acids is 1. The molecule has 2 aromatic rings. The molecule has 0 amide bonds. The molecule has 1 aromatic carbocycles. The summed E-state index contributed by atoms with van der Waals surface area (Å²) in [6, 6.07) is 4.91. The maximum absolute atomic E-state index is 11.9. The fourth-order valence-corrected chi connectivity index (χ4v) is 2.20. The zero-order valence-electron chi connectivity index (χ0n) is 11.9. The number of benzene rings is 1. The van der Waals surface area contributed by atoms with Crippen molar-refractivity contribution in [2.75, 3.05) is 0 Å². The van der Waals surface area contributed by atoms with Crippen LogP contribution in [0.3, 0.4) is 0 Å². The van der Waals surface area contributed by atoms with Gasteiger partial charge in [-0.3, -0.25) is 4.79 Å². The van der Waals surface area contributed by atoms with Gasteiger partial charge in [-0.2, -0.15) is 0 Å². The third-order valence-corrected chi connectivity index (χ3v) is 3.11. The Balaban J connectivity index is 2.14. The number of rotatable bonds is 3. The van der Waals surface area contributed by atoms with Crippen LogP contribution >= 0.6 is 11.6 Å². The lowest BCUT2D eigenvalue weighted by atomic mass is 10.1. The van der Waals surface area contributed by atoms with Crippen LogP contribution in [0, 0.1) is 0 Å². The van der Waals surface area contributed by atoms with E-state index in [0.29, 0.717) is 11.4 Å². The maximum atomic E-state index is 11.9. The first-order chi connectivity index (χ1) is 9.26. The fraction of sp³-hybridized carbons (Fsp3) is 0.400. The van der Waals surface area contributed by atoms with E-state index in [1.54, 1.807) is 0 Å². The van der Waals surface area contributed by atoms with Crippen LogP contribution in [0.4, 0.5) is 0 Å². The summed E-state index contributed by atoms with van der Waals surface area (Å²) < 4.78 is 5.28. The number of hydrogen-bond acceptors (Lipinski definition) is 3. The normalized spacial score (nSPS) is 13.4. The second-order valence-corrected chi connectivity index (χ2v) is 6.28. The van der Waals surface area contributed by atoms with Crippen molar-refractivity contribution < 1.29 is 9.53 Å². The van der Waals surface area contributed by atoms with Crippen molar-refractivity contribution in [2.24, 2.45) is 5.73 Å². The number of ether oxygens (including phenoxy) is 1. The minimum atomic E-state index is -0.677. The molecule has 108 valence electrons. The lowest BCUT2D eigenvalue weighted by Crippen LogP contribution is -2.38. The van der Waals surface area contributed by atoms with Gasteiger partial charge < -0.3 is 15.5 Å². The lowest BCUT2D eigenvalue weighted by molar-refractivity contribution is -0.156. The molecule has 0 saturated heterocycles. The smallest absolute Gasteiger partial charge is 0.323 e. The van der Waals surface area contributed by atoms with Gasteiger partial charge >= 0.3 is 5.97 Å². The van der Waals surface area contributed by atoms with Crippen LogP contribution in [0.1, 0.15) is 26.3 Å². The van der Waals surface area contributed by atoms with Crippen LogP contribution in [-0.4, -0.2) is 22.6 Å². The topological polar surface area (TPSA) is 68.1 Å². The lowest BCUT2D eigenvalue weighted by Gasteiger charge is -2.22. The van der Waals surface area contributed by atoms with Gasteiger partial charge in [-0.05, 0) is 38.5 Å². The number of aromatic nitrogens is 1. The Hall–Kier alpha value is -1.52. The van der Waals surface area contributed by atoms with Crippen LogP contribution in [0.25, 0.3) is 10.9 Å². The highest BCUT2D eigenvalue weighted by molar-refractivity contribution is 6.31. The summed E-state index contributed by atoms with van der Waals surface area (Å²) in [6.45, 7) is 5.47. The van der Waals surface area contributed by atoms with E-state index in [-0.39, 0.29) is 5.97 Å². The third-order valence-electron chi connectivity index (χ3n) is 2.88. The highest BCUT2D eigenvalue weighted by Crippen LogP contribution is 2.23. The standard InChI is InChI=1S/C15H19ClN2O2/c1-15(2,3)20-14(19)12(17)6-9-8-18-13-7-10(16)4-5-11(9)13/h4-5,7-8,12,18H,6,17H2,1-3H3. The molecule has 0 fully saturated rings. The van der Waals surface area contributed by atoms with Gasteiger partial charge in [0.2, 0.25) is 0 Å². The van der Waals surface area contributed by atoms with Gasteiger partial charge in [0.25, 0.3) is 0 Å². The van der Waals surface area contributed by atoms with E-state index in [0.717, 1.165) is 16.5 Å². The van der Waals surface area contributed by atoms with Gasteiger partial charge in [-0.15, -0.1) is 0 Å². The van der Waals surface area contributed by atoms with E-state index >= 15 is 0 Å². The number of carbonyl (C=O) groups is 1. The van der Waals surface area contributed by atoms with Crippen LogP contribution in [0.15, 0.2) is 24.4 Å². The molecule has 2 rings (SSSR count). The first-order valence-corrected chi connectivity index (χ1v) is 6.88. The van der Waals surface area contributed by atoms with Crippen molar-refractivity contribution in [3.05, 3.63) is 35.0 Å². The Morgan fingerprint density at radius 1 is 1.45 bits per heavy atom. The van der Waals surface area contributed by atoms with Gasteiger partial charge in [0.1, 0.15) is 11.6 Å². The number of esters is 1. The number of H-pyrrole nitrogens is 1. The van der Waals surface area contributed by atoms with Gasteiger partial charge in [0, 0.05) is 28.5 Å². The van der Waals surface area contributed by atoms with E-state index in [2.05, 4.69) is 4.98 Å². The minimum Gasteiger partial charge on any atom is -0.459 e. The van der Waals surface area contributed by atoms with E-state index in [1.807, 2.05) is 45.2 Å². The second kappa shape index (κ2) is 5.46. The third kappa shape index (κ3) is 3.52. The average molecular weight is 295 g/mol. The molecule has 20 heavy (non-hydrogen) atoms. The second-order valence-electron chi connectivity index (χ2n) is 5.85. The summed E-state index contributed by atoms with van der Waals surface area (Å²) in [7, 11) is 0. The Labute approximate surface area is 123 Å². The molecule has 1 unspecified atom stereocenters. The molecule has 0 aliphatic carbocycles. The van der Waals surface area contributed by atoms with Crippen LogP contribution in [0.5, 0.6) is 0 Å². The van der Waals surface area contributed by atoms with Crippen LogP contribution in [-0.2, 0) is 16.0 Å². The summed E-state index contributed by atoms with van der Waals surface area (Å²) in [5, 5.41) is 1.69. The average Bonchev–Trinajstić information content (AvgIpc) is 2.69. The van der Waals surface area contributed by atoms with Crippen molar-refractivity contribution in [1.82, 2.24) is 4.98 Å². The molecule has 0 aliphatic rings. The van der Waals surface area contributed by atoms with Gasteiger partial charge in [0.05, 0.1) is 0 Å². The molecule has 0 bridgehead atoms. The zero-order valence-corrected chi connectivity index (χ0v) is 12.6. The Morgan fingerprint density at radius 3 is 2.80 bits per heavy atom. The van der Waals surface area contributed by atoms with E-state index < -0.39 is 11.6 Å². The summed E-state index contributed by atoms with van der Waals surface area (Å²) >= 11 is 5.94. The molecule has 1 aromatic heterocycles. The Bertz CT molecular complexity index is 628. The number of nitrogens with one attached hydrogen (secondary N) is 1. The molecule has 5 heteroatoms. The SMILES string of the molecule is CC(C)(C)OC(=O)C(N)Cc1c[nH]c2cc(Cl)ccc12. The first-order valence-electron chi connectivity index (χ1n) is 6.50. The van der Waals surface area contributed by atoms with Crippen LogP contribution in [0.2, 0.25) is 5.02 Å². The summed E-state index contributed by atoms with van der Waals surface area (Å²) in [5.74, 6) is -0.388. The number of halogens is 1. The molecule has 0 radical (unpaired) electrons. The molecule has 4 nitrogen and oxygen atoms in total. The van der Waals surface area contributed by atoms with E-state index in [9.17, 15) is 4.79 Å². The molecule has 1 heterocycles. The molecular formula is C15H19ClN2O2. The number of nitrogens with two attached hydrogens (primary N) is 1. The Kier molecular flexibility index (Phi) is 4.06. The largest absolute Gasteiger partial charge is 0.459 e. The summed E-state index contributed by atoms with van der Waals surface area (Å²) in [6.07, 6.45) is 2.28. The zero-order chi connectivity index (χ0) is 14.9. The fourth-order valence-electron chi connectivity index (χ4n) is 2.03. The first kappa shape index (κ1) is 14.9. The quantitative estimate of drug-likeness (QED) is 0.855.